The van der Waals surface area contributed by atoms with Crippen LogP contribution in [-0.2, 0) is 19.9 Å². The third-order valence-electron chi connectivity index (χ3n) is 4.77. The third-order valence-corrected chi connectivity index (χ3v) is 4.77. The number of fused-ring (bicyclic) bond motifs is 1. The number of aromatic nitrogens is 5. The molecule has 5 nitrogen and oxygen atoms in total. The molecule has 0 amide bonds. The van der Waals surface area contributed by atoms with Gasteiger partial charge in [0.05, 0.1) is 23.6 Å². The summed E-state index contributed by atoms with van der Waals surface area (Å²) in [6, 6.07) is 0.556. The molecule has 0 radical (unpaired) electrons. The lowest BCUT2D eigenvalue weighted by molar-refractivity contribution is 0.454. The second kappa shape index (κ2) is 4.72. The van der Waals surface area contributed by atoms with Gasteiger partial charge < -0.3 is 0 Å². The molecular weight excluding hydrogens is 250 g/mol. The van der Waals surface area contributed by atoms with Gasteiger partial charge in [0.2, 0.25) is 0 Å². The third kappa shape index (κ3) is 1.87. The van der Waals surface area contributed by atoms with E-state index in [1.807, 2.05) is 11.7 Å². The normalized spacial score (nSPS) is 19.4. The van der Waals surface area contributed by atoms with Crippen LogP contribution in [0.5, 0.6) is 0 Å². The molecule has 0 bridgehead atoms. The zero-order valence-corrected chi connectivity index (χ0v) is 12.0. The van der Waals surface area contributed by atoms with Crippen LogP contribution in [0.4, 0.5) is 0 Å². The highest BCUT2D eigenvalue weighted by atomic mass is 15.4. The molecule has 2 aliphatic rings. The van der Waals surface area contributed by atoms with E-state index in [4.69, 9.17) is 0 Å². The summed E-state index contributed by atoms with van der Waals surface area (Å²) in [5.74, 6) is 0. The maximum Gasteiger partial charge on any atom is 0.131 e. The van der Waals surface area contributed by atoms with Gasteiger partial charge in [-0.25, -0.2) is 4.68 Å². The number of rotatable bonds is 2. The summed E-state index contributed by atoms with van der Waals surface area (Å²) < 4.78 is 4.07. The highest BCUT2D eigenvalue weighted by Crippen LogP contribution is 2.32. The van der Waals surface area contributed by atoms with Crippen molar-refractivity contribution in [3.05, 3.63) is 17.5 Å². The summed E-state index contributed by atoms with van der Waals surface area (Å²) in [5.41, 5.74) is 4.85. The van der Waals surface area contributed by atoms with Gasteiger partial charge in [-0.2, -0.15) is 5.10 Å². The Bertz CT molecular complexity index is 618. The number of nitrogens with zero attached hydrogens (tertiary/aromatic N) is 5. The molecule has 1 fully saturated rings. The lowest BCUT2D eigenvalue weighted by atomic mass is 9.95. The van der Waals surface area contributed by atoms with Crippen LogP contribution in [0.2, 0.25) is 0 Å². The summed E-state index contributed by atoms with van der Waals surface area (Å²) in [5, 5.41) is 13.5. The molecule has 2 aliphatic carbocycles. The molecular formula is C15H21N5. The number of aryl methyl sites for hydroxylation is 2. The Balaban J connectivity index is 1.72. The van der Waals surface area contributed by atoms with E-state index in [1.54, 1.807) is 0 Å². The molecule has 1 saturated carbocycles. The summed E-state index contributed by atoms with van der Waals surface area (Å²) in [6.07, 6.45) is 12.0. The fourth-order valence-corrected chi connectivity index (χ4v) is 3.73. The van der Waals surface area contributed by atoms with Crippen molar-refractivity contribution in [2.24, 2.45) is 7.05 Å². The highest BCUT2D eigenvalue weighted by Gasteiger charge is 2.24. The average molecular weight is 271 g/mol. The first-order chi connectivity index (χ1) is 9.83. The van der Waals surface area contributed by atoms with Crippen molar-refractivity contribution in [3.63, 3.8) is 0 Å². The minimum absolute atomic E-state index is 0.556. The van der Waals surface area contributed by atoms with Crippen molar-refractivity contribution in [2.45, 2.75) is 57.4 Å². The van der Waals surface area contributed by atoms with Crippen molar-refractivity contribution in [2.75, 3.05) is 0 Å². The van der Waals surface area contributed by atoms with E-state index in [1.165, 1.54) is 55.5 Å². The minimum Gasteiger partial charge on any atom is -0.266 e. The molecule has 106 valence electrons. The SMILES string of the molecule is Cn1nc2c(c1-c1cn(C3CCCC3)nn1)CCCC2. The topological polar surface area (TPSA) is 48.5 Å². The standard InChI is InChI=1S/C15H21N5/c1-19-15(12-8-4-5-9-13(12)17-19)14-10-20(18-16-14)11-6-2-3-7-11/h10-11H,2-9H2,1H3. The molecule has 0 saturated heterocycles. The molecule has 0 aromatic carbocycles. The molecule has 2 heterocycles. The first kappa shape index (κ1) is 12.1. The zero-order chi connectivity index (χ0) is 13.5. The van der Waals surface area contributed by atoms with E-state index in [0.29, 0.717) is 6.04 Å². The fraction of sp³-hybridized carbons (Fsp3) is 0.667. The van der Waals surface area contributed by atoms with Crippen LogP contribution in [-0.4, -0.2) is 24.8 Å². The molecule has 0 N–H and O–H groups in total. The van der Waals surface area contributed by atoms with Gasteiger partial charge in [0.1, 0.15) is 5.69 Å². The Hall–Kier alpha value is -1.65. The van der Waals surface area contributed by atoms with Crippen LogP contribution in [0.3, 0.4) is 0 Å². The van der Waals surface area contributed by atoms with Gasteiger partial charge >= 0.3 is 0 Å². The number of hydrogen-bond donors (Lipinski definition) is 0. The quantitative estimate of drug-likeness (QED) is 0.843. The first-order valence-corrected chi connectivity index (χ1v) is 7.80. The molecule has 2 aromatic heterocycles. The fourth-order valence-electron chi connectivity index (χ4n) is 3.73. The molecule has 20 heavy (non-hydrogen) atoms. The van der Waals surface area contributed by atoms with Crippen molar-refractivity contribution >= 4 is 0 Å². The van der Waals surface area contributed by atoms with E-state index in [9.17, 15) is 0 Å². The smallest absolute Gasteiger partial charge is 0.131 e. The second-order valence-corrected chi connectivity index (χ2v) is 6.13. The minimum atomic E-state index is 0.556. The Morgan fingerprint density at radius 3 is 2.75 bits per heavy atom. The van der Waals surface area contributed by atoms with Crippen LogP contribution in [0.25, 0.3) is 11.4 Å². The van der Waals surface area contributed by atoms with Gasteiger partial charge in [-0.05, 0) is 38.5 Å². The van der Waals surface area contributed by atoms with Gasteiger partial charge in [0, 0.05) is 12.6 Å². The van der Waals surface area contributed by atoms with Crippen molar-refractivity contribution in [1.29, 1.82) is 0 Å². The molecule has 0 unspecified atom stereocenters. The summed E-state index contributed by atoms with van der Waals surface area (Å²) in [4.78, 5) is 0. The maximum absolute atomic E-state index is 4.67. The molecule has 2 aromatic rings. The molecule has 5 heteroatoms. The van der Waals surface area contributed by atoms with Crippen LogP contribution in [0, 0.1) is 0 Å². The zero-order valence-electron chi connectivity index (χ0n) is 12.0. The second-order valence-electron chi connectivity index (χ2n) is 6.13. The van der Waals surface area contributed by atoms with Gasteiger partial charge in [-0.15, -0.1) is 5.10 Å². The monoisotopic (exact) mass is 271 g/mol. The Labute approximate surface area is 119 Å². The van der Waals surface area contributed by atoms with E-state index in [2.05, 4.69) is 26.3 Å². The largest absolute Gasteiger partial charge is 0.266 e. The molecule has 0 spiro atoms. The lowest BCUT2D eigenvalue weighted by Gasteiger charge is -2.10. The predicted molar refractivity (Wildman–Crippen MR) is 76.4 cm³/mol. The van der Waals surface area contributed by atoms with Crippen LogP contribution in [0.15, 0.2) is 6.20 Å². The maximum atomic E-state index is 4.67. The summed E-state index contributed by atoms with van der Waals surface area (Å²) in [6.45, 7) is 0. The summed E-state index contributed by atoms with van der Waals surface area (Å²) >= 11 is 0. The van der Waals surface area contributed by atoms with Gasteiger partial charge in [-0.1, -0.05) is 18.1 Å². The van der Waals surface area contributed by atoms with Crippen molar-refractivity contribution in [3.8, 4) is 11.4 Å². The number of hydrogen-bond acceptors (Lipinski definition) is 3. The lowest BCUT2D eigenvalue weighted by Crippen LogP contribution is -2.04. The summed E-state index contributed by atoms with van der Waals surface area (Å²) in [7, 11) is 2.03. The van der Waals surface area contributed by atoms with Gasteiger partial charge in [0.25, 0.3) is 0 Å². The highest BCUT2D eigenvalue weighted by molar-refractivity contribution is 5.60. The van der Waals surface area contributed by atoms with Crippen molar-refractivity contribution < 1.29 is 0 Å². The Morgan fingerprint density at radius 2 is 1.90 bits per heavy atom. The molecule has 4 rings (SSSR count). The average Bonchev–Trinajstić information content (AvgIpc) is 3.16. The Morgan fingerprint density at radius 1 is 1.10 bits per heavy atom. The van der Waals surface area contributed by atoms with Crippen LogP contribution >= 0.6 is 0 Å². The predicted octanol–water partition coefficient (Wildman–Crippen LogP) is 2.67. The molecule has 0 atom stereocenters. The first-order valence-electron chi connectivity index (χ1n) is 7.80. The van der Waals surface area contributed by atoms with E-state index in [-0.39, 0.29) is 0 Å². The van der Waals surface area contributed by atoms with E-state index in [0.717, 1.165) is 18.5 Å². The Kier molecular flexibility index (Phi) is 2.86. The van der Waals surface area contributed by atoms with Gasteiger partial charge in [0.15, 0.2) is 0 Å². The van der Waals surface area contributed by atoms with Crippen molar-refractivity contribution in [1.82, 2.24) is 24.8 Å². The van der Waals surface area contributed by atoms with Crippen LogP contribution in [0.1, 0.15) is 55.8 Å². The van der Waals surface area contributed by atoms with Crippen LogP contribution < -0.4 is 0 Å². The van der Waals surface area contributed by atoms with Gasteiger partial charge in [-0.3, -0.25) is 4.68 Å². The van der Waals surface area contributed by atoms with E-state index >= 15 is 0 Å². The van der Waals surface area contributed by atoms with E-state index < -0.39 is 0 Å². The molecule has 0 aliphatic heterocycles.